The molecule has 1 heterocycles. The Morgan fingerprint density at radius 1 is 0.933 bits per heavy atom. The van der Waals surface area contributed by atoms with Crippen LogP contribution in [0.1, 0.15) is 16.8 Å². The Morgan fingerprint density at radius 3 is 2.17 bits per heavy atom. The van der Waals surface area contributed by atoms with Crippen LogP contribution in [0.4, 0.5) is 11.4 Å². The maximum absolute atomic E-state index is 13.2. The minimum atomic E-state index is -0.279. The summed E-state index contributed by atoms with van der Waals surface area (Å²) in [6, 6.07) is 13.6. The molecule has 150 valence electrons. The lowest BCUT2D eigenvalue weighted by molar-refractivity contribution is -0.124. The van der Waals surface area contributed by atoms with Gasteiger partial charge in [0.1, 0.15) is 0 Å². The number of rotatable bonds is 3. The Kier molecular flexibility index (Phi) is 3.75. The van der Waals surface area contributed by atoms with Crippen LogP contribution < -0.4 is 10.2 Å². The monoisotopic (exact) mass is 418 g/mol. The van der Waals surface area contributed by atoms with Gasteiger partial charge >= 0.3 is 0 Å². The van der Waals surface area contributed by atoms with Crippen LogP contribution in [0.25, 0.3) is 0 Å². The van der Waals surface area contributed by atoms with Gasteiger partial charge in [-0.3, -0.25) is 19.3 Å². The van der Waals surface area contributed by atoms with E-state index in [1.165, 1.54) is 4.90 Å². The van der Waals surface area contributed by atoms with E-state index in [2.05, 4.69) is 17.5 Å². The summed E-state index contributed by atoms with van der Waals surface area (Å²) in [7, 11) is 0. The first-order valence-corrected chi connectivity index (χ1v) is 10.6. The van der Waals surface area contributed by atoms with Crippen LogP contribution in [0.5, 0.6) is 0 Å². The maximum atomic E-state index is 13.2. The molecule has 2 aromatic carbocycles. The molecule has 4 aliphatic carbocycles. The van der Waals surface area contributed by atoms with Gasteiger partial charge in [0.25, 0.3) is 5.91 Å². The lowest BCUT2D eigenvalue weighted by Crippen LogP contribution is -2.40. The van der Waals surface area contributed by atoms with E-state index in [9.17, 15) is 14.4 Å². The number of anilines is 2. The highest BCUT2D eigenvalue weighted by Gasteiger charge is 2.67. The Balaban J connectivity index is 1.23. The third-order valence-electron chi connectivity index (χ3n) is 7.13. The molecule has 0 unspecified atom stereocenters. The fourth-order valence-corrected chi connectivity index (χ4v) is 5.93. The summed E-state index contributed by atoms with van der Waals surface area (Å²) >= 11 is 5.96. The number of nitrogens with zero attached hydrogens (tertiary/aromatic N) is 1. The van der Waals surface area contributed by atoms with Crippen LogP contribution in [0.15, 0.2) is 60.7 Å². The highest BCUT2D eigenvalue weighted by atomic mass is 35.5. The predicted molar refractivity (Wildman–Crippen MR) is 113 cm³/mol. The summed E-state index contributed by atoms with van der Waals surface area (Å²) in [6.07, 6.45) is 5.47. The van der Waals surface area contributed by atoms with Crippen molar-refractivity contribution in [3.8, 4) is 0 Å². The first-order chi connectivity index (χ1) is 14.5. The van der Waals surface area contributed by atoms with Crippen molar-refractivity contribution in [3.05, 3.63) is 71.3 Å². The number of carbonyl (C=O) groups is 3. The maximum Gasteiger partial charge on any atom is 0.255 e. The summed E-state index contributed by atoms with van der Waals surface area (Å²) in [5.41, 5.74) is 1.58. The van der Waals surface area contributed by atoms with Crippen LogP contribution >= 0.6 is 11.6 Å². The number of allylic oxidation sites excluding steroid dienone is 2. The number of benzene rings is 2. The van der Waals surface area contributed by atoms with E-state index in [-0.39, 0.29) is 41.4 Å². The lowest BCUT2D eigenvalue weighted by Gasteiger charge is -2.37. The molecule has 3 fully saturated rings. The van der Waals surface area contributed by atoms with Crippen LogP contribution in [0, 0.1) is 35.5 Å². The molecule has 0 radical (unpaired) electrons. The molecule has 2 aromatic rings. The number of carbonyl (C=O) groups excluding carboxylic acids is 3. The molecule has 0 aromatic heterocycles. The van der Waals surface area contributed by atoms with Gasteiger partial charge in [0.15, 0.2) is 0 Å². The number of imide groups is 1. The first-order valence-electron chi connectivity index (χ1n) is 10.3. The van der Waals surface area contributed by atoms with Crippen molar-refractivity contribution in [2.24, 2.45) is 35.5 Å². The fourth-order valence-electron chi connectivity index (χ4n) is 5.74. The average Bonchev–Trinajstić information content (AvgIpc) is 3.52. The first kappa shape index (κ1) is 17.9. The quantitative estimate of drug-likeness (QED) is 0.601. The summed E-state index contributed by atoms with van der Waals surface area (Å²) in [6.45, 7) is 0. The molecule has 1 saturated heterocycles. The molecule has 6 atom stereocenters. The summed E-state index contributed by atoms with van der Waals surface area (Å²) in [5, 5.41) is 3.34. The highest BCUT2D eigenvalue weighted by Crippen LogP contribution is 2.65. The van der Waals surface area contributed by atoms with Crippen LogP contribution in [0.2, 0.25) is 5.02 Å². The summed E-state index contributed by atoms with van der Waals surface area (Å²) in [5.74, 6) is 0.661. The predicted octanol–water partition coefficient (Wildman–Crippen LogP) is 4.15. The van der Waals surface area contributed by atoms with Crippen molar-refractivity contribution >= 4 is 40.7 Å². The molecule has 30 heavy (non-hydrogen) atoms. The number of hydrogen-bond acceptors (Lipinski definition) is 3. The smallest absolute Gasteiger partial charge is 0.255 e. The second kappa shape index (κ2) is 6.29. The Hall–Kier alpha value is -2.92. The molecule has 7 rings (SSSR count). The van der Waals surface area contributed by atoms with Crippen molar-refractivity contribution in [2.45, 2.75) is 6.42 Å². The molecule has 0 spiro atoms. The highest BCUT2D eigenvalue weighted by molar-refractivity contribution is 6.31. The SMILES string of the molecule is O=C(Nc1cccc(Cl)c1)c1ccc(N2C(=O)[C@H]3[C@@H]4C=C[C@H]([C@H]5C[C@H]45)[C@@H]3C2=O)cc1. The molecular formula is C24H19ClN2O3. The van der Waals surface area contributed by atoms with Gasteiger partial charge in [-0.1, -0.05) is 29.8 Å². The van der Waals surface area contributed by atoms with Gasteiger partial charge in [-0.2, -0.15) is 0 Å². The number of nitrogens with one attached hydrogen (secondary N) is 1. The molecule has 2 saturated carbocycles. The standard InChI is InChI=1S/C24H19ClN2O3/c25-13-2-1-3-14(10-13)26-22(28)12-4-6-15(7-5-12)27-23(29)20-16-8-9-17(19-11-18(16)19)21(20)24(27)30/h1-10,16-21H,11H2,(H,26,28)/t16-,17-,18-,19-,20+,21+/m1/s1. The van der Waals surface area contributed by atoms with E-state index in [0.717, 1.165) is 6.42 Å². The second-order valence-corrected chi connectivity index (χ2v) is 9.11. The lowest BCUT2D eigenvalue weighted by atomic mass is 9.63. The average molecular weight is 419 g/mol. The fraction of sp³-hybridized carbons (Fsp3) is 0.292. The second-order valence-electron chi connectivity index (χ2n) is 8.68. The molecule has 6 heteroatoms. The molecule has 5 nitrogen and oxygen atoms in total. The summed E-state index contributed by atoms with van der Waals surface area (Å²) < 4.78 is 0. The van der Waals surface area contributed by atoms with Crippen molar-refractivity contribution in [3.63, 3.8) is 0 Å². The molecule has 1 aliphatic heterocycles. The van der Waals surface area contributed by atoms with E-state index < -0.39 is 0 Å². The van der Waals surface area contributed by atoms with E-state index in [0.29, 0.717) is 33.8 Å². The minimum Gasteiger partial charge on any atom is -0.322 e. The van der Waals surface area contributed by atoms with Crippen LogP contribution in [-0.2, 0) is 9.59 Å². The summed E-state index contributed by atoms with van der Waals surface area (Å²) in [4.78, 5) is 40.2. The zero-order valence-corrected chi connectivity index (χ0v) is 16.8. The van der Waals surface area contributed by atoms with Crippen LogP contribution in [0.3, 0.4) is 0 Å². The van der Waals surface area contributed by atoms with Crippen molar-refractivity contribution in [1.82, 2.24) is 0 Å². The Bertz CT molecular complexity index is 1090. The van der Waals surface area contributed by atoms with Gasteiger partial charge in [0, 0.05) is 16.3 Å². The zero-order chi connectivity index (χ0) is 20.6. The van der Waals surface area contributed by atoms with E-state index in [1.807, 2.05) is 0 Å². The minimum absolute atomic E-state index is 0.0918. The normalized spacial score (nSPS) is 32.8. The number of hydrogen-bond donors (Lipinski definition) is 1. The van der Waals surface area contributed by atoms with Crippen molar-refractivity contribution < 1.29 is 14.4 Å². The Labute approximate surface area is 178 Å². The third-order valence-corrected chi connectivity index (χ3v) is 7.37. The van der Waals surface area contributed by atoms with Gasteiger partial charge in [-0.15, -0.1) is 0 Å². The molecule has 3 amide bonds. The topological polar surface area (TPSA) is 66.5 Å². The van der Waals surface area contributed by atoms with Gasteiger partial charge in [-0.05, 0) is 72.6 Å². The van der Waals surface area contributed by atoms with Crippen LogP contribution in [-0.4, -0.2) is 17.7 Å². The molecule has 2 bridgehead atoms. The van der Waals surface area contributed by atoms with Gasteiger partial charge in [0.2, 0.25) is 11.8 Å². The largest absolute Gasteiger partial charge is 0.322 e. The van der Waals surface area contributed by atoms with E-state index >= 15 is 0 Å². The van der Waals surface area contributed by atoms with Gasteiger partial charge in [0.05, 0.1) is 17.5 Å². The van der Waals surface area contributed by atoms with Crippen molar-refractivity contribution in [2.75, 3.05) is 10.2 Å². The number of amides is 3. The molecule has 5 aliphatic rings. The number of halogens is 1. The zero-order valence-electron chi connectivity index (χ0n) is 16.0. The van der Waals surface area contributed by atoms with E-state index in [1.54, 1.807) is 48.5 Å². The van der Waals surface area contributed by atoms with Crippen molar-refractivity contribution in [1.29, 1.82) is 0 Å². The Morgan fingerprint density at radius 2 is 1.57 bits per heavy atom. The third kappa shape index (κ3) is 2.51. The van der Waals surface area contributed by atoms with E-state index in [4.69, 9.17) is 11.6 Å². The molecule has 1 N–H and O–H groups in total. The van der Waals surface area contributed by atoms with Gasteiger partial charge in [-0.25, -0.2) is 0 Å². The van der Waals surface area contributed by atoms with Gasteiger partial charge < -0.3 is 5.32 Å². The molecular weight excluding hydrogens is 400 g/mol.